The number of Topliss-reactive ketones (excluding diaryl/α,β-unsaturated/α-hetero) is 2. The number of aryl methyl sites for hydroxylation is 3. The average molecular weight is 503 g/mol. The SMILES string of the molecule is CC(=O)c1ccc2nc(-c3ccccc3)c(CCCC(F)(F)C(C)=O)nc2c1.CCc1ccc(C)cc1. The lowest BCUT2D eigenvalue weighted by atomic mass is 10.0. The molecule has 4 aromatic rings. The third-order valence-electron chi connectivity index (χ3n) is 6.14. The van der Waals surface area contributed by atoms with E-state index in [1.807, 2.05) is 30.3 Å². The van der Waals surface area contributed by atoms with E-state index in [0.717, 1.165) is 18.9 Å². The lowest BCUT2D eigenvalue weighted by molar-refractivity contribution is -0.141. The van der Waals surface area contributed by atoms with Gasteiger partial charge in [-0.05, 0) is 56.9 Å². The summed E-state index contributed by atoms with van der Waals surface area (Å²) in [7, 11) is 0. The molecule has 0 unspecified atom stereocenters. The predicted octanol–water partition coefficient (Wildman–Crippen LogP) is 7.60. The highest BCUT2D eigenvalue weighted by molar-refractivity contribution is 5.97. The van der Waals surface area contributed by atoms with Crippen LogP contribution < -0.4 is 0 Å². The number of hydrogen-bond acceptors (Lipinski definition) is 4. The van der Waals surface area contributed by atoms with Crippen LogP contribution >= 0.6 is 0 Å². The van der Waals surface area contributed by atoms with Gasteiger partial charge in [-0.1, -0.05) is 67.1 Å². The van der Waals surface area contributed by atoms with Gasteiger partial charge in [0.1, 0.15) is 0 Å². The maximum Gasteiger partial charge on any atom is 0.305 e. The molecule has 37 heavy (non-hydrogen) atoms. The fourth-order valence-electron chi connectivity index (χ4n) is 3.79. The first-order valence-corrected chi connectivity index (χ1v) is 12.4. The van der Waals surface area contributed by atoms with Crippen molar-refractivity contribution in [3.05, 3.63) is 95.2 Å². The van der Waals surface area contributed by atoms with Gasteiger partial charge in [-0.3, -0.25) is 9.59 Å². The van der Waals surface area contributed by atoms with Crippen molar-refractivity contribution in [2.75, 3.05) is 0 Å². The minimum Gasteiger partial charge on any atom is -0.295 e. The molecule has 4 nitrogen and oxygen atoms in total. The number of carbonyl (C=O) groups excluding carboxylic acids is 2. The Kier molecular flexibility index (Phi) is 9.34. The molecular weight excluding hydrogens is 470 g/mol. The van der Waals surface area contributed by atoms with Crippen LogP contribution in [-0.4, -0.2) is 27.5 Å². The first-order valence-electron chi connectivity index (χ1n) is 12.4. The molecule has 0 saturated heterocycles. The van der Waals surface area contributed by atoms with Gasteiger partial charge in [0.05, 0.1) is 22.4 Å². The molecule has 0 atom stereocenters. The van der Waals surface area contributed by atoms with E-state index in [2.05, 4.69) is 48.1 Å². The van der Waals surface area contributed by atoms with Crippen molar-refractivity contribution in [3.63, 3.8) is 0 Å². The minimum absolute atomic E-state index is 0.0847. The predicted molar refractivity (Wildman–Crippen MR) is 144 cm³/mol. The molecule has 4 rings (SSSR count). The van der Waals surface area contributed by atoms with Crippen LogP contribution in [-0.2, 0) is 17.6 Å². The zero-order chi connectivity index (χ0) is 27.0. The molecule has 0 N–H and O–H groups in total. The Labute approximate surface area is 216 Å². The summed E-state index contributed by atoms with van der Waals surface area (Å²) in [4.78, 5) is 32.0. The Balaban J connectivity index is 0.000000356. The van der Waals surface area contributed by atoms with Gasteiger partial charge >= 0.3 is 5.92 Å². The number of carbonyl (C=O) groups is 2. The van der Waals surface area contributed by atoms with Crippen LogP contribution in [0.5, 0.6) is 0 Å². The van der Waals surface area contributed by atoms with E-state index >= 15 is 0 Å². The van der Waals surface area contributed by atoms with Crippen LogP contribution in [0.1, 0.15) is 60.8 Å². The zero-order valence-corrected chi connectivity index (χ0v) is 21.7. The van der Waals surface area contributed by atoms with Crippen molar-refractivity contribution in [1.29, 1.82) is 0 Å². The topological polar surface area (TPSA) is 59.9 Å². The maximum atomic E-state index is 13.6. The van der Waals surface area contributed by atoms with Crippen LogP contribution in [0.3, 0.4) is 0 Å². The number of ketones is 2. The summed E-state index contributed by atoms with van der Waals surface area (Å²) in [6.07, 6.45) is 0.948. The smallest absolute Gasteiger partial charge is 0.295 e. The summed E-state index contributed by atoms with van der Waals surface area (Å²) < 4.78 is 27.3. The molecule has 6 heteroatoms. The maximum absolute atomic E-state index is 13.6. The van der Waals surface area contributed by atoms with Crippen molar-refractivity contribution < 1.29 is 18.4 Å². The summed E-state index contributed by atoms with van der Waals surface area (Å²) >= 11 is 0. The number of rotatable bonds is 8. The Morgan fingerprint density at radius 3 is 2.14 bits per heavy atom. The lowest BCUT2D eigenvalue weighted by Gasteiger charge is -2.14. The fourth-order valence-corrected chi connectivity index (χ4v) is 3.79. The highest BCUT2D eigenvalue weighted by Gasteiger charge is 2.34. The van der Waals surface area contributed by atoms with Crippen molar-refractivity contribution >= 4 is 22.6 Å². The quantitative estimate of drug-likeness (QED) is 0.233. The molecule has 1 aromatic heterocycles. The highest BCUT2D eigenvalue weighted by Crippen LogP contribution is 2.27. The number of nitrogens with zero attached hydrogens (tertiary/aromatic N) is 2. The summed E-state index contributed by atoms with van der Waals surface area (Å²) in [5, 5.41) is 0. The zero-order valence-electron chi connectivity index (χ0n) is 21.7. The molecule has 0 fully saturated rings. The molecule has 0 bridgehead atoms. The van der Waals surface area contributed by atoms with E-state index in [1.54, 1.807) is 18.2 Å². The van der Waals surface area contributed by atoms with Gasteiger partial charge in [-0.15, -0.1) is 0 Å². The second-order valence-corrected chi connectivity index (χ2v) is 9.10. The fraction of sp³-hybridized carbons (Fsp3) is 0.290. The standard InChI is InChI=1S/C22H20F2N2O2.C9H12/c1-14(27)17-10-11-18-20(13-17)25-19(9-6-12-22(23,24)15(2)28)21(26-18)16-7-4-3-5-8-16;1-3-9-6-4-8(2)5-7-9/h3-5,7-8,10-11,13H,6,9,12H2,1-2H3;4-7H,3H2,1-2H3. The van der Waals surface area contributed by atoms with Gasteiger partial charge in [0.15, 0.2) is 11.6 Å². The van der Waals surface area contributed by atoms with Crippen molar-refractivity contribution in [3.8, 4) is 11.3 Å². The van der Waals surface area contributed by atoms with E-state index in [1.165, 1.54) is 18.1 Å². The summed E-state index contributed by atoms with van der Waals surface area (Å²) in [5.41, 5.74) is 6.47. The number of aromatic nitrogens is 2. The molecule has 3 aromatic carbocycles. The molecule has 0 amide bonds. The van der Waals surface area contributed by atoms with E-state index in [4.69, 9.17) is 0 Å². The molecule has 0 saturated carbocycles. The van der Waals surface area contributed by atoms with E-state index in [9.17, 15) is 18.4 Å². The number of benzene rings is 3. The van der Waals surface area contributed by atoms with Gasteiger partial charge in [0.2, 0.25) is 0 Å². The minimum atomic E-state index is -3.33. The normalized spacial score (nSPS) is 11.1. The van der Waals surface area contributed by atoms with Gasteiger partial charge in [0, 0.05) is 24.5 Å². The largest absolute Gasteiger partial charge is 0.305 e. The van der Waals surface area contributed by atoms with Crippen LogP contribution in [0.2, 0.25) is 0 Å². The van der Waals surface area contributed by atoms with Crippen LogP contribution in [0, 0.1) is 6.92 Å². The summed E-state index contributed by atoms with van der Waals surface area (Å²) in [5.74, 6) is -4.55. The van der Waals surface area contributed by atoms with Crippen LogP contribution in [0.15, 0.2) is 72.8 Å². The molecule has 0 radical (unpaired) electrons. The second-order valence-electron chi connectivity index (χ2n) is 9.10. The summed E-state index contributed by atoms with van der Waals surface area (Å²) in [6, 6.07) is 23.1. The Morgan fingerprint density at radius 1 is 0.865 bits per heavy atom. The number of halogens is 2. The average Bonchev–Trinajstić information content (AvgIpc) is 2.89. The van der Waals surface area contributed by atoms with Crippen molar-refractivity contribution in [1.82, 2.24) is 9.97 Å². The monoisotopic (exact) mass is 502 g/mol. The molecule has 1 heterocycles. The third-order valence-corrected chi connectivity index (χ3v) is 6.14. The van der Waals surface area contributed by atoms with Gasteiger partial charge in [-0.2, -0.15) is 8.78 Å². The van der Waals surface area contributed by atoms with Crippen LogP contribution in [0.4, 0.5) is 8.78 Å². The number of hydrogen-bond donors (Lipinski definition) is 0. The van der Waals surface area contributed by atoms with Crippen molar-refractivity contribution in [2.45, 2.75) is 59.3 Å². The number of fused-ring (bicyclic) bond motifs is 1. The molecule has 192 valence electrons. The number of alkyl halides is 2. The Hall–Kier alpha value is -3.80. The summed E-state index contributed by atoms with van der Waals surface area (Å²) in [6.45, 7) is 6.65. The molecule has 0 aliphatic carbocycles. The first kappa shape index (κ1) is 27.8. The highest BCUT2D eigenvalue weighted by atomic mass is 19.3. The lowest BCUT2D eigenvalue weighted by Crippen LogP contribution is -2.25. The van der Waals surface area contributed by atoms with E-state index in [-0.39, 0.29) is 18.6 Å². The van der Waals surface area contributed by atoms with Gasteiger partial charge in [-0.25, -0.2) is 9.97 Å². The van der Waals surface area contributed by atoms with Gasteiger partial charge in [0.25, 0.3) is 0 Å². The Morgan fingerprint density at radius 2 is 1.54 bits per heavy atom. The molecule has 0 spiro atoms. The van der Waals surface area contributed by atoms with Crippen LogP contribution in [0.25, 0.3) is 22.3 Å². The Bertz CT molecular complexity index is 1370. The second kappa shape index (κ2) is 12.4. The third kappa shape index (κ3) is 7.59. The molecule has 0 aliphatic rings. The van der Waals surface area contributed by atoms with E-state index < -0.39 is 18.1 Å². The first-order chi connectivity index (χ1) is 17.6. The van der Waals surface area contributed by atoms with Gasteiger partial charge < -0.3 is 0 Å². The van der Waals surface area contributed by atoms with Crippen molar-refractivity contribution in [2.24, 2.45) is 0 Å². The molecular formula is C31H32F2N2O2. The molecule has 0 aliphatic heterocycles. The van der Waals surface area contributed by atoms with E-state index in [0.29, 0.717) is 28.0 Å².